The van der Waals surface area contributed by atoms with E-state index in [0.717, 1.165) is 21.7 Å². The Morgan fingerprint density at radius 1 is 0.878 bits per heavy atom. The van der Waals surface area contributed by atoms with Crippen LogP contribution in [0.2, 0.25) is 0 Å². The molecule has 0 saturated carbocycles. The van der Waals surface area contributed by atoms with E-state index < -0.39 is 40.2 Å². The number of halogens is 1. The van der Waals surface area contributed by atoms with Crippen molar-refractivity contribution in [3.63, 3.8) is 0 Å². The summed E-state index contributed by atoms with van der Waals surface area (Å²) in [5.74, 6) is -0.224. The highest BCUT2D eigenvalue weighted by Gasteiger charge is 2.30. The molecule has 3 aromatic rings. The van der Waals surface area contributed by atoms with Gasteiger partial charge < -0.3 is 19.7 Å². The maximum atomic E-state index is 13.6. The van der Waals surface area contributed by atoms with Crippen LogP contribution in [0.1, 0.15) is 23.6 Å². The third kappa shape index (κ3) is 9.29. The molecule has 3 rings (SSSR count). The van der Waals surface area contributed by atoms with Crippen LogP contribution in [0.25, 0.3) is 0 Å². The van der Waals surface area contributed by atoms with Gasteiger partial charge in [0.2, 0.25) is 21.8 Å². The van der Waals surface area contributed by atoms with Crippen molar-refractivity contribution in [2.24, 2.45) is 0 Å². The molecule has 0 aromatic heterocycles. The van der Waals surface area contributed by atoms with Crippen molar-refractivity contribution in [2.45, 2.75) is 32.5 Å². The molecule has 0 fully saturated rings. The summed E-state index contributed by atoms with van der Waals surface area (Å²) < 4.78 is 50.3. The van der Waals surface area contributed by atoms with Gasteiger partial charge in [-0.3, -0.25) is 9.59 Å². The molecule has 0 heterocycles. The molecular formula is C30H36FN3O6S. The minimum Gasteiger partial charge on any atom is -0.493 e. The van der Waals surface area contributed by atoms with Crippen LogP contribution in [0.15, 0.2) is 72.8 Å². The standard InChI is InChI=1S/C30H36FN3O6S/c1-22(30(36)32-17-16-23-12-15-27(39-2)28(18-23)40-3)34(20-25-10-13-26(31)14-11-25)29(35)21-33(41(4,37)38)19-24-8-6-5-7-9-24/h5-15,18,22H,16-17,19-21H2,1-4H3,(H,32,36)/t22-/m1/s1. The molecule has 0 spiro atoms. The van der Waals surface area contributed by atoms with Gasteiger partial charge in [-0.05, 0) is 54.3 Å². The van der Waals surface area contributed by atoms with Crippen molar-refractivity contribution in [1.82, 2.24) is 14.5 Å². The molecule has 0 bridgehead atoms. The third-order valence-electron chi connectivity index (χ3n) is 6.58. The lowest BCUT2D eigenvalue weighted by molar-refractivity contribution is -0.140. The van der Waals surface area contributed by atoms with E-state index in [-0.39, 0.29) is 13.1 Å². The molecule has 220 valence electrons. The number of rotatable bonds is 14. The Kier molecular flexibility index (Phi) is 11.2. The van der Waals surface area contributed by atoms with Crippen LogP contribution < -0.4 is 14.8 Å². The Labute approximate surface area is 240 Å². The molecule has 1 atom stereocenters. The highest BCUT2D eigenvalue weighted by Crippen LogP contribution is 2.27. The molecule has 1 N–H and O–H groups in total. The molecule has 0 aliphatic carbocycles. The molecule has 0 radical (unpaired) electrons. The fraction of sp³-hybridized carbons (Fsp3) is 0.333. The van der Waals surface area contributed by atoms with Gasteiger partial charge in [0, 0.05) is 19.6 Å². The van der Waals surface area contributed by atoms with Crippen molar-refractivity contribution < 1.29 is 31.9 Å². The van der Waals surface area contributed by atoms with E-state index >= 15 is 0 Å². The zero-order valence-corrected chi connectivity index (χ0v) is 24.5. The van der Waals surface area contributed by atoms with E-state index in [9.17, 15) is 22.4 Å². The van der Waals surface area contributed by atoms with Crippen LogP contribution in [0, 0.1) is 5.82 Å². The first-order valence-electron chi connectivity index (χ1n) is 13.0. The van der Waals surface area contributed by atoms with Crippen LogP contribution in [-0.4, -0.2) is 69.0 Å². The van der Waals surface area contributed by atoms with E-state index in [4.69, 9.17) is 9.47 Å². The smallest absolute Gasteiger partial charge is 0.242 e. The zero-order chi connectivity index (χ0) is 30.0. The van der Waals surface area contributed by atoms with Crippen LogP contribution in [-0.2, 0) is 39.1 Å². The van der Waals surface area contributed by atoms with Gasteiger partial charge in [-0.2, -0.15) is 4.31 Å². The summed E-state index contributed by atoms with van der Waals surface area (Å²) in [5, 5.41) is 2.85. The lowest BCUT2D eigenvalue weighted by Gasteiger charge is -2.31. The molecule has 9 nitrogen and oxygen atoms in total. The maximum Gasteiger partial charge on any atom is 0.242 e. The summed E-state index contributed by atoms with van der Waals surface area (Å²) in [5.41, 5.74) is 2.23. The molecule has 0 aliphatic heterocycles. The molecule has 41 heavy (non-hydrogen) atoms. The molecule has 2 amide bonds. The van der Waals surface area contributed by atoms with E-state index in [1.807, 2.05) is 18.2 Å². The number of ether oxygens (including phenoxy) is 2. The van der Waals surface area contributed by atoms with Crippen molar-refractivity contribution in [3.05, 3.63) is 95.3 Å². The quantitative estimate of drug-likeness (QED) is 0.311. The summed E-state index contributed by atoms with van der Waals surface area (Å²) in [6, 6.07) is 19.1. The summed E-state index contributed by atoms with van der Waals surface area (Å²) in [6.07, 6.45) is 1.54. The summed E-state index contributed by atoms with van der Waals surface area (Å²) in [4.78, 5) is 28.1. The Morgan fingerprint density at radius 2 is 1.49 bits per heavy atom. The number of amides is 2. The van der Waals surface area contributed by atoms with Gasteiger partial charge >= 0.3 is 0 Å². The molecular weight excluding hydrogens is 549 g/mol. The highest BCUT2D eigenvalue weighted by atomic mass is 32.2. The SMILES string of the molecule is COc1ccc(CCNC(=O)[C@@H](C)N(Cc2ccc(F)cc2)C(=O)CN(Cc2ccccc2)S(C)(=O)=O)cc1OC. The fourth-order valence-corrected chi connectivity index (χ4v) is 4.93. The topological polar surface area (TPSA) is 105 Å². The van der Waals surface area contributed by atoms with E-state index in [0.29, 0.717) is 30.0 Å². The van der Waals surface area contributed by atoms with E-state index in [1.165, 1.54) is 29.2 Å². The number of carbonyl (C=O) groups is 2. The van der Waals surface area contributed by atoms with Crippen LogP contribution >= 0.6 is 0 Å². The average Bonchev–Trinajstić information content (AvgIpc) is 2.96. The minimum absolute atomic E-state index is 0.00169. The van der Waals surface area contributed by atoms with Crippen LogP contribution in [0.4, 0.5) is 4.39 Å². The molecule has 0 aliphatic rings. The number of nitrogens with zero attached hydrogens (tertiary/aromatic N) is 2. The fourth-order valence-electron chi connectivity index (χ4n) is 4.20. The second-order valence-corrected chi connectivity index (χ2v) is 11.6. The first-order valence-corrected chi connectivity index (χ1v) is 14.9. The number of benzene rings is 3. The van der Waals surface area contributed by atoms with Crippen LogP contribution in [0.3, 0.4) is 0 Å². The monoisotopic (exact) mass is 585 g/mol. The van der Waals surface area contributed by atoms with E-state index in [2.05, 4.69) is 5.32 Å². The van der Waals surface area contributed by atoms with Crippen molar-refractivity contribution >= 4 is 21.8 Å². The Hall–Kier alpha value is -3.96. The summed E-state index contributed by atoms with van der Waals surface area (Å²) in [6.45, 7) is 1.40. The highest BCUT2D eigenvalue weighted by molar-refractivity contribution is 7.88. The van der Waals surface area contributed by atoms with Crippen molar-refractivity contribution in [1.29, 1.82) is 0 Å². The molecule has 11 heteroatoms. The van der Waals surface area contributed by atoms with Gasteiger partial charge in [0.05, 0.1) is 27.0 Å². The number of hydrogen-bond donors (Lipinski definition) is 1. The number of carbonyl (C=O) groups excluding carboxylic acids is 2. The van der Waals surface area contributed by atoms with Gasteiger partial charge in [0.1, 0.15) is 11.9 Å². The van der Waals surface area contributed by atoms with Gasteiger partial charge in [0.25, 0.3) is 0 Å². The predicted octanol–water partition coefficient (Wildman–Crippen LogP) is 3.38. The lowest BCUT2D eigenvalue weighted by Crippen LogP contribution is -2.51. The first-order chi connectivity index (χ1) is 19.5. The van der Waals surface area contributed by atoms with Crippen LogP contribution in [0.5, 0.6) is 11.5 Å². The Balaban J connectivity index is 1.75. The second kappa shape index (κ2) is 14.6. The van der Waals surface area contributed by atoms with Crippen molar-refractivity contribution in [3.8, 4) is 11.5 Å². The Bertz CT molecular complexity index is 1420. The molecule has 3 aromatic carbocycles. The largest absolute Gasteiger partial charge is 0.493 e. The zero-order valence-electron chi connectivity index (χ0n) is 23.7. The number of nitrogens with one attached hydrogen (secondary N) is 1. The third-order valence-corrected chi connectivity index (χ3v) is 7.77. The number of methoxy groups -OCH3 is 2. The van der Waals surface area contributed by atoms with Gasteiger partial charge in [-0.15, -0.1) is 0 Å². The van der Waals surface area contributed by atoms with Gasteiger partial charge in [0.15, 0.2) is 11.5 Å². The number of hydrogen-bond acceptors (Lipinski definition) is 6. The maximum absolute atomic E-state index is 13.6. The molecule has 0 saturated heterocycles. The predicted molar refractivity (Wildman–Crippen MR) is 154 cm³/mol. The van der Waals surface area contributed by atoms with Gasteiger partial charge in [-0.1, -0.05) is 48.5 Å². The van der Waals surface area contributed by atoms with Gasteiger partial charge in [-0.25, -0.2) is 12.8 Å². The Morgan fingerprint density at radius 3 is 2.10 bits per heavy atom. The molecule has 0 unspecified atom stereocenters. The van der Waals surface area contributed by atoms with Crippen molar-refractivity contribution in [2.75, 3.05) is 33.6 Å². The number of sulfonamides is 1. The second-order valence-electron chi connectivity index (χ2n) is 9.57. The average molecular weight is 586 g/mol. The van der Waals surface area contributed by atoms with E-state index in [1.54, 1.807) is 51.5 Å². The first kappa shape index (κ1) is 31.6. The summed E-state index contributed by atoms with van der Waals surface area (Å²) >= 11 is 0. The normalized spacial score (nSPS) is 12.0. The summed E-state index contributed by atoms with van der Waals surface area (Å²) in [7, 11) is -0.661. The minimum atomic E-state index is -3.76. The lowest BCUT2D eigenvalue weighted by atomic mass is 10.1.